The molecule has 8 heteroatoms. The Morgan fingerprint density at radius 3 is 2.43 bits per heavy atom. The van der Waals surface area contributed by atoms with Gasteiger partial charge in [0.1, 0.15) is 18.2 Å². The van der Waals surface area contributed by atoms with E-state index in [9.17, 15) is 14.0 Å². The number of urea groups is 1. The number of anilines is 2. The van der Waals surface area contributed by atoms with E-state index in [1.807, 2.05) is 18.2 Å². The lowest BCUT2D eigenvalue weighted by molar-refractivity contribution is -0.131. The molecule has 3 heterocycles. The van der Waals surface area contributed by atoms with Crippen molar-refractivity contribution >= 4 is 23.4 Å². The molecular weight excluding hydrogens is 361 g/mol. The lowest BCUT2D eigenvalue weighted by Gasteiger charge is -2.36. The SMILES string of the molecule is O=C(CN1CCN(c2ccccc2F)C1=O)N1CCN(c2ccccn2)CC1. The number of piperazine rings is 1. The number of carbonyl (C=O) groups excluding carboxylic acids is 2. The Kier molecular flexibility index (Phi) is 5.10. The summed E-state index contributed by atoms with van der Waals surface area (Å²) in [5.74, 6) is 0.393. The molecule has 2 aliphatic heterocycles. The molecule has 2 aliphatic rings. The molecule has 2 aromatic rings. The number of amides is 3. The first-order valence-electron chi connectivity index (χ1n) is 9.38. The second-order valence-corrected chi connectivity index (χ2v) is 6.86. The van der Waals surface area contributed by atoms with Crippen molar-refractivity contribution in [2.45, 2.75) is 0 Å². The predicted octanol–water partition coefficient (Wildman–Crippen LogP) is 1.81. The predicted molar refractivity (Wildman–Crippen MR) is 104 cm³/mol. The number of benzene rings is 1. The smallest absolute Gasteiger partial charge is 0.325 e. The van der Waals surface area contributed by atoms with Gasteiger partial charge in [-0.1, -0.05) is 18.2 Å². The monoisotopic (exact) mass is 383 g/mol. The maximum Gasteiger partial charge on any atom is 0.325 e. The van der Waals surface area contributed by atoms with E-state index < -0.39 is 5.82 Å². The van der Waals surface area contributed by atoms with Gasteiger partial charge in [-0.15, -0.1) is 0 Å². The van der Waals surface area contributed by atoms with Gasteiger partial charge in [-0.25, -0.2) is 14.2 Å². The van der Waals surface area contributed by atoms with Crippen molar-refractivity contribution in [3.05, 3.63) is 54.5 Å². The van der Waals surface area contributed by atoms with E-state index in [1.165, 1.54) is 15.9 Å². The zero-order valence-electron chi connectivity index (χ0n) is 15.5. The minimum Gasteiger partial charge on any atom is -0.353 e. The Morgan fingerprint density at radius 1 is 0.964 bits per heavy atom. The molecule has 3 amide bonds. The van der Waals surface area contributed by atoms with Gasteiger partial charge in [-0.2, -0.15) is 0 Å². The number of rotatable bonds is 4. The first-order valence-corrected chi connectivity index (χ1v) is 9.38. The summed E-state index contributed by atoms with van der Waals surface area (Å²) in [7, 11) is 0. The molecule has 0 unspecified atom stereocenters. The number of hydrogen-bond donors (Lipinski definition) is 0. The van der Waals surface area contributed by atoms with Crippen molar-refractivity contribution in [1.29, 1.82) is 0 Å². The molecule has 0 saturated carbocycles. The second-order valence-electron chi connectivity index (χ2n) is 6.86. The molecule has 0 N–H and O–H groups in total. The Hall–Kier alpha value is -3.16. The molecule has 1 aromatic heterocycles. The van der Waals surface area contributed by atoms with E-state index in [2.05, 4.69) is 9.88 Å². The van der Waals surface area contributed by atoms with E-state index >= 15 is 0 Å². The average Bonchev–Trinajstić information content (AvgIpc) is 3.09. The fourth-order valence-electron chi connectivity index (χ4n) is 3.61. The van der Waals surface area contributed by atoms with Gasteiger partial charge in [0.25, 0.3) is 0 Å². The molecular formula is C20H22FN5O2. The van der Waals surface area contributed by atoms with Crippen LogP contribution in [0.25, 0.3) is 0 Å². The molecule has 0 spiro atoms. The minimum atomic E-state index is -0.435. The molecule has 0 radical (unpaired) electrons. The molecule has 28 heavy (non-hydrogen) atoms. The highest BCUT2D eigenvalue weighted by molar-refractivity contribution is 5.96. The Labute approximate surface area is 163 Å². The van der Waals surface area contributed by atoms with Crippen LogP contribution in [-0.4, -0.2) is 72.5 Å². The standard InChI is InChI=1S/C20H22FN5O2/c21-16-5-1-2-6-17(16)26-14-13-25(20(26)28)15-19(27)24-11-9-23(10-12-24)18-7-3-4-8-22-18/h1-8H,9-15H2. The summed E-state index contributed by atoms with van der Waals surface area (Å²) >= 11 is 0. The summed E-state index contributed by atoms with van der Waals surface area (Å²) in [6, 6.07) is 11.6. The summed E-state index contributed by atoms with van der Waals surface area (Å²) < 4.78 is 14.0. The minimum absolute atomic E-state index is 0.0212. The lowest BCUT2D eigenvalue weighted by Crippen LogP contribution is -2.51. The first-order chi connectivity index (χ1) is 13.6. The number of nitrogens with zero attached hydrogens (tertiary/aromatic N) is 5. The van der Waals surface area contributed by atoms with Crippen LogP contribution in [-0.2, 0) is 4.79 Å². The highest BCUT2D eigenvalue weighted by Crippen LogP contribution is 2.23. The van der Waals surface area contributed by atoms with Gasteiger partial charge in [0.05, 0.1) is 5.69 Å². The van der Waals surface area contributed by atoms with E-state index in [0.29, 0.717) is 39.3 Å². The van der Waals surface area contributed by atoms with Crippen LogP contribution in [0.5, 0.6) is 0 Å². The van der Waals surface area contributed by atoms with Crippen molar-refractivity contribution in [2.24, 2.45) is 0 Å². The summed E-state index contributed by atoms with van der Waals surface area (Å²) in [5.41, 5.74) is 0.256. The lowest BCUT2D eigenvalue weighted by atomic mass is 10.3. The summed E-state index contributed by atoms with van der Waals surface area (Å²) in [4.78, 5) is 36.4. The van der Waals surface area contributed by atoms with Crippen molar-refractivity contribution in [3.63, 3.8) is 0 Å². The van der Waals surface area contributed by atoms with Crippen molar-refractivity contribution < 1.29 is 14.0 Å². The van der Waals surface area contributed by atoms with E-state index in [4.69, 9.17) is 0 Å². The maximum atomic E-state index is 14.0. The number of para-hydroxylation sites is 1. The van der Waals surface area contributed by atoms with Gasteiger partial charge in [0.2, 0.25) is 5.91 Å². The highest BCUT2D eigenvalue weighted by Gasteiger charge is 2.33. The van der Waals surface area contributed by atoms with Crippen LogP contribution in [0.1, 0.15) is 0 Å². The van der Waals surface area contributed by atoms with Crippen molar-refractivity contribution in [2.75, 3.05) is 55.6 Å². The van der Waals surface area contributed by atoms with Crippen molar-refractivity contribution in [1.82, 2.24) is 14.8 Å². The van der Waals surface area contributed by atoms with Crippen molar-refractivity contribution in [3.8, 4) is 0 Å². The van der Waals surface area contributed by atoms with E-state index in [1.54, 1.807) is 29.3 Å². The van der Waals surface area contributed by atoms with Crippen LogP contribution in [0.4, 0.5) is 20.7 Å². The summed E-state index contributed by atoms with van der Waals surface area (Å²) in [6.45, 7) is 3.40. The van der Waals surface area contributed by atoms with E-state index in [-0.39, 0.29) is 24.2 Å². The largest absolute Gasteiger partial charge is 0.353 e. The molecule has 4 rings (SSSR count). The molecule has 0 aliphatic carbocycles. The number of aromatic nitrogens is 1. The fraction of sp³-hybridized carbons (Fsp3) is 0.350. The van der Waals surface area contributed by atoms with Gasteiger partial charge in [-0.05, 0) is 24.3 Å². The Balaban J connectivity index is 1.32. The van der Waals surface area contributed by atoms with Gasteiger partial charge < -0.3 is 14.7 Å². The van der Waals surface area contributed by atoms with Crippen LogP contribution >= 0.6 is 0 Å². The fourth-order valence-corrected chi connectivity index (χ4v) is 3.61. The number of pyridine rings is 1. The van der Waals surface area contributed by atoms with Crippen LogP contribution in [0.2, 0.25) is 0 Å². The van der Waals surface area contributed by atoms with Gasteiger partial charge in [-0.3, -0.25) is 9.69 Å². The molecule has 0 bridgehead atoms. The Bertz CT molecular complexity index is 855. The maximum absolute atomic E-state index is 14.0. The van der Waals surface area contributed by atoms with Crippen LogP contribution in [0, 0.1) is 5.82 Å². The molecule has 146 valence electrons. The normalized spacial score (nSPS) is 17.4. The van der Waals surface area contributed by atoms with Gasteiger partial charge in [0, 0.05) is 45.5 Å². The quantitative estimate of drug-likeness (QED) is 0.808. The van der Waals surface area contributed by atoms with Crippen LogP contribution in [0.15, 0.2) is 48.7 Å². The number of halogens is 1. The third-order valence-corrected chi connectivity index (χ3v) is 5.17. The number of hydrogen-bond acceptors (Lipinski definition) is 4. The van der Waals surface area contributed by atoms with Gasteiger partial charge in [0.15, 0.2) is 0 Å². The third kappa shape index (κ3) is 3.62. The zero-order valence-corrected chi connectivity index (χ0v) is 15.5. The summed E-state index contributed by atoms with van der Waals surface area (Å²) in [5, 5.41) is 0. The van der Waals surface area contributed by atoms with Gasteiger partial charge >= 0.3 is 6.03 Å². The second kappa shape index (κ2) is 7.84. The number of carbonyl (C=O) groups is 2. The zero-order chi connectivity index (χ0) is 19.5. The molecule has 0 atom stereocenters. The molecule has 7 nitrogen and oxygen atoms in total. The third-order valence-electron chi connectivity index (χ3n) is 5.17. The average molecular weight is 383 g/mol. The highest BCUT2D eigenvalue weighted by atomic mass is 19.1. The first kappa shape index (κ1) is 18.2. The molecule has 1 aromatic carbocycles. The summed E-state index contributed by atoms with van der Waals surface area (Å²) in [6.07, 6.45) is 1.76. The van der Waals surface area contributed by atoms with Crippen LogP contribution < -0.4 is 9.80 Å². The topological polar surface area (TPSA) is 60.0 Å². The molecule has 2 saturated heterocycles. The Morgan fingerprint density at radius 2 is 1.71 bits per heavy atom. The molecule has 2 fully saturated rings. The van der Waals surface area contributed by atoms with Crippen LogP contribution in [0.3, 0.4) is 0 Å². The van der Waals surface area contributed by atoms with E-state index in [0.717, 1.165) is 5.82 Å².